The van der Waals surface area contributed by atoms with Crippen molar-refractivity contribution in [2.24, 2.45) is 0 Å². The second kappa shape index (κ2) is 6.53. The number of hydrogen-bond acceptors (Lipinski definition) is 6. The minimum absolute atomic E-state index is 0.0263. The standard InChI is InChI=1S/C14H19N3O4/c1-16-7-5-11(6-8-16)15-12-9-10(14(18)21-2)3-4-13(12)17(19)20/h3-4,9,11,15H,5-8H2,1-2H3. The molecule has 1 N–H and O–H groups in total. The third kappa shape index (κ3) is 3.69. The SMILES string of the molecule is COC(=O)c1ccc([N+](=O)[O-])c(NC2CCN(C)CC2)c1. The fourth-order valence-corrected chi connectivity index (χ4v) is 2.43. The summed E-state index contributed by atoms with van der Waals surface area (Å²) in [5.41, 5.74) is 0.651. The quantitative estimate of drug-likeness (QED) is 0.518. The molecule has 1 fully saturated rings. The van der Waals surface area contributed by atoms with Crippen LogP contribution in [0.1, 0.15) is 23.2 Å². The molecule has 0 unspecified atom stereocenters. The molecule has 7 nitrogen and oxygen atoms in total. The number of ether oxygens (including phenoxy) is 1. The van der Waals surface area contributed by atoms with Gasteiger partial charge >= 0.3 is 5.97 Å². The van der Waals surface area contributed by atoms with E-state index in [9.17, 15) is 14.9 Å². The number of nitro groups is 1. The van der Waals surface area contributed by atoms with Crippen LogP contribution in [0.2, 0.25) is 0 Å². The molecule has 0 atom stereocenters. The molecular formula is C14H19N3O4. The second-order valence-corrected chi connectivity index (χ2v) is 5.20. The van der Waals surface area contributed by atoms with Crippen molar-refractivity contribution in [1.29, 1.82) is 0 Å². The number of nitrogens with one attached hydrogen (secondary N) is 1. The van der Waals surface area contributed by atoms with Crippen LogP contribution in [0.3, 0.4) is 0 Å². The number of benzene rings is 1. The number of esters is 1. The van der Waals surface area contributed by atoms with Crippen LogP contribution in [0.5, 0.6) is 0 Å². The molecule has 1 aliphatic rings. The maximum Gasteiger partial charge on any atom is 0.337 e. The summed E-state index contributed by atoms with van der Waals surface area (Å²) in [5.74, 6) is -0.503. The average Bonchev–Trinajstić information content (AvgIpc) is 2.48. The minimum Gasteiger partial charge on any atom is -0.465 e. The molecule has 0 saturated carbocycles. The Bertz CT molecular complexity index is 539. The Hall–Kier alpha value is -2.15. The molecule has 1 heterocycles. The monoisotopic (exact) mass is 293 g/mol. The molecule has 1 saturated heterocycles. The van der Waals surface area contributed by atoms with Crippen molar-refractivity contribution in [1.82, 2.24) is 4.90 Å². The van der Waals surface area contributed by atoms with Crippen LogP contribution in [0.15, 0.2) is 18.2 Å². The normalized spacial score (nSPS) is 16.5. The topological polar surface area (TPSA) is 84.7 Å². The molecular weight excluding hydrogens is 274 g/mol. The van der Waals surface area contributed by atoms with E-state index in [2.05, 4.69) is 22.0 Å². The van der Waals surface area contributed by atoms with Crippen LogP contribution >= 0.6 is 0 Å². The highest BCUT2D eigenvalue weighted by Crippen LogP contribution is 2.28. The Morgan fingerprint density at radius 1 is 1.43 bits per heavy atom. The van der Waals surface area contributed by atoms with Crippen molar-refractivity contribution in [2.45, 2.75) is 18.9 Å². The number of methoxy groups -OCH3 is 1. The highest BCUT2D eigenvalue weighted by Gasteiger charge is 2.22. The fraction of sp³-hybridized carbons (Fsp3) is 0.500. The van der Waals surface area contributed by atoms with Gasteiger partial charge in [-0.15, -0.1) is 0 Å². The number of piperidine rings is 1. The summed E-state index contributed by atoms with van der Waals surface area (Å²) in [6, 6.07) is 4.41. The summed E-state index contributed by atoms with van der Waals surface area (Å²) < 4.78 is 4.65. The fourth-order valence-electron chi connectivity index (χ4n) is 2.43. The second-order valence-electron chi connectivity index (χ2n) is 5.20. The Balaban J connectivity index is 2.22. The van der Waals surface area contributed by atoms with Gasteiger partial charge in [0.05, 0.1) is 17.6 Å². The van der Waals surface area contributed by atoms with Crippen molar-refractivity contribution < 1.29 is 14.5 Å². The van der Waals surface area contributed by atoms with Crippen molar-refractivity contribution in [3.05, 3.63) is 33.9 Å². The predicted molar refractivity (Wildman–Crippen MR) is 78.6 cm³/mol. The average molecular weight is 293 g/mol. The van der Waals surface area contributed by atoms with Crippen LogP contribution in [0, 0.1) is 10.1 Å². The summed E-state index contributed by atoms with van der Waals surface area (Å²) in [5, 5.41) is 14.3. The Kier molecular flexibility index (Phi) is 4.74. The molecule has 0 aromatic heterocycles. The van der Waals surface area contributed by atoms with E-state index in [4.69, 9.17) is 0 Å². The zero-order valence-corrected chi connectivity index (χ0v) is 12.2. The molecule has 21 heavy (non-hydrogen) atoms. The van der Waals surface area contributed by atoms with Crippen LogP contribution in [0.25, 0.3) is 0 Å². The predicted octanol–water partition coefficient (Wildman–Crippen LogP) is 1.89. The van der Waals surface area contributed by atoms with Gasteiger partial charge in [-0.2, -0.15) is 0 Å². The molecule has 1 aromatic carbocycles. The maximum absolute atomic E-state index is 11.6. The number of likely N-dealkylation sites (tertiary alicyclic amines) is 1. The summed E-state index contributed by atoms with van der Waals surface area (Å²) in [6.07, 6.45) is 1.83. The van der Waals surface area contributed by atoms with Gasteiger partial charge in [0.25, 0.3) is 5.69 Å². The lowest BCUT2D eigenvalue weighted by atomic mass is 10.0. The summed E-state index contributed by atoms with van der Waals surface area (Å²) in [4.78, 5) is 24.4. The first-order valence-corrected chi connectivity index (χ1v) is 6.83. The lowest BCUT2D eigenvalue weighted by molar-refractivity contribution is -0.384. The third-order valence-corrected chi connectivity index (χ3v) is 3.69. The molecule has 7 heteroatoms. The molecule has 0 aliphatic carbocycles. The van der Waals surface area contributed by atoms with Crippen molar-refractivity contribution in [2.75, 3.05) is 32.6 Å². The van der Waals surface area contributed by atoms with E-state index < -0.39 is 10.9 Å². The highest BCUT2D eigenvalue weighted by molar-refractivity contribution is 5.91. The summed E-state index contributed by atoms with van der Waals surface area (Å²) in [7, 11) is 3.34. The lowest BCUT2D eigenvalue weighted by Gasteiger charge is -2.30. The van der Waals surface area contributed by atoms with Gasteiger partial charge in [0.2, 0.25) is 0 Å². The van der Waals surface area contributed by atoms with Gasteiger partial charge < -0.3 is 15.0 Å². The maximum atomic E-state index is 11.6. The molecule has 1 aliphatic heterocycles. The smallest absolute Gasteiger partial charge is 0.337 e. The van der Waals surface area contributed by atoms with Gasteiger partial charge in [-0.25, -0.2) is 4.79 Å². The van der Waals surface area contributed by atoms with Crippen LogP contribution < -0.4 is 5.32 Å². The molecule has 0 radical (unpaired) electrons. The largest absolute Gasteiger partial charge is 0.465 e. The van der Waals surface area contributed by atoms with E-state index in [1.165, 1.54) is 25.3 Å². The number of carbonyl (C=O) groups excluding carboxylic acids is 1. The van der Waals surface area contributed by atoms with Crippen LogP contribution in [-0.4, -0.2) is 49.1 Å². The van der Waals surface area contributed by atoms with E-state index in [1.807, 2.05) is 0 Å². The molecule has 0 spiro atoms. The Morgan fingerprint density at radius 2 is 2.10 bits per heavy atom. The number of rotatable bonds is 4. The van der Waals surface area contributed by atoms with Gasteiger partial charge in [-0.05, 0) is 45.1 Å². The Morgan fingerprint density at radius 3 is 2.67 bits per heavy atom. The first kappa shape index (κ1) is 15.2. The molecule has 114 valence electrons. The Labute approximate surface area is 123 Å². The van der Waals surface area contributed by atoms with Crippen molar-refractivity contribution in [3.63, 3.8) is 0 Å². The van der Waals surface area contributed by atoms with E-state index in [1.54, 1.807) is 0 Å². The van der Waals surface area contributed by atoms with E-state index in [0.29, 0.717) is 11.3 Å². The van der Waals surface area contributed by atoms with Crippen molar-refractivity contribution in [3.8, 4) is 0 Å². The van der Waals surface area contributed by atoms with Gasteiger partial charge in [0, 0.05) is 12.1 Å². The van der Waals surface area contributed by atoms with Gasteiger partial charge in [0.1, 0.15) is 5.69 Å². The number of hydrogen-bond donors (Lipinski definition) is 1. The summed E-state index contributed by atoms with van der Waals surface area (Å²) >= 11 is 0. The van der Waals surface area contributed by atoms with Crippen molar-refractivity contribution >= 4 is 17.3 Å². The van der Waals surface area contributed by atoms with Gasteiger partial charge in [-0.3, -0.25) is 10.1 Å². The zero-order chi connectivity index (χ0) is 15.4. The molecule has 1 aromatic rings. The minimum atomic E-state index is -0.503. The molecule has 0 amide bonds. The summed E-state index contributed by atoms with van der Waals surface area (Å²) in [6.45, 7) is 1.89. The molecule has 0 bridgehead atoms. The number of carbonyl (C=O) groups is 1. The third-order valence-electron chi connectivity index (χ3n) is 3.69. The van der Waals surface area contributed by atoms with E-state index in [-0.39, 0.29) is 11.7 Å². The number of anilines is 1. The van der Waals surface area contributed by atoms with Gasteiger partial charge in [0.15, 0.2) is 0 Å². The van der Waals surface area contributed by atoms with Crippen LogP contribution in [0.4, 0.5) is 11.4 Å². The first-order chi connectivity index (χ1) is 10.0. The zero-order valence-electron chi connectivity index (χ0n) is 12.2. The highest BCUT2D eigenvalue weighted by atomic mass is 16.6. The van der Waals surface area contributed by atoms with Crippen LogP contribution in [-0.2, 0) is 4.74 Å². The van der Waals surface area contributed by atoms with E-state index in [0.717, 1.165) is 25.9 Å². The van der Waals surface area contributed by atoms with Gasteiger partial charge in [-0.1, -0.05) is 0 Å². The lowest BCUT2D eigenvalue weighted by Crippen LogP contribution is -2.36. The first-order valence-electron chi connectivity index (χ1n) is 6.83. The van der Waals surface area contributed by atoms with E-state index >= 15 is 0 Å². The number of nitro benzene ring substituents is 1. The molecule has 2 rings (SSSR count). The number of nitrogens with zero attached hydrogens (tertiary/aromatic N) is 2.